The number of methoxy groups -OCH3 is 1. The quantitative estimate of drug-likeness (QED) is 0.643. The number of aromatic nitrogens is 1. The molecule has 0 unspecified atom stereocenters. The summed E-state index contributed by atoms with van der Waals surface area (Å²) in [5.41, 5.74) is 2.80. The van der Waals surface area contributed by atoms with Gasteiger partial charge in [0.1, 0.15) is 11.3 Å². The molecule has 0 bridgehead atoms. The Bertz CT molecular complexity index is 1020. The fourth-order valence-corrected chi connectivity index (χ4v) is 4.64. The predicted molar refractivity (Wildman–Crippen MR) is 117 cm³/mol. The molecule has 1 aliphatic heterocycles. The summed E-state index contributed by atoms with van der Waals surface area (Å²) in [6, 6.07) is 11.6. The second-order valence-electron chi connectivity index (χ2n) is 6.68. The van der Waals surface area contributed by atoms with Crippen LogP contribution in [0.25, 0.3) is 10.2 Å². The third kappa shape index (κ3) is 4.32. The summed E-state index contributed by atoms with van der Waals surface area (Å²) >= 11 is 7.58. The lowest BCUT2D eigenvalue weighted by molar-refractivity contribution is 0.0954. The molecule has 0 saturated carbocycles. The first-order chi connectivity index (χ1) is 14.2. The van der Waals surface area contributed by atoms with Crippen LogP contribution in [0.5, 0.6) is 5.75 Å². The molecule has 152 valence electrons. The van der Waals surface area contributed by atoms with E-state index < -0.39 is 0 Å². The van der Waals surface area contributed by atoms with Crippen LogP contribution in [0.1, 0.15) is 15.4 Å². The maximum Gasteiger partial charge on any atom is 0.280 e. The summed E-state index contributed by atoms with van der Waals surface area (Å²) < 4.78 is 11.9. The van der Waals surface area contributed by atoms with Crippen LogP contribution < -0.4 is 15.0 Å². The minimum Gasteiger partial charge on any atom is -0.494 e. The first kappa shape index (κ1) is 19.9. The zero-order chi connectivity index (χ0) is 20.2. The van der Waals surface area contributed by atoms with Crippen molar-refractivity contribution < 1.29 is 14.3 Å². The molecule has 0 aliphatic carbocycles. The number of amides is 1. The molecule has 6 nitrogen and oxygen atoms in total. The van der Waals surface area contributed by atoms with Crippen molar-refractivity contribution in [3.8, 4) is 5.75 Å². The number of nitrogens with one attached hydrogen (secondary N) is 1. The fraction of sp³-hybridized carbons (Fsp3) is 0.333. The third-order valence-corrected chi connectivity index (χ3v) is 6.33. The minimum atomic E-state index is -0.187. The number of fused-ring (bicyclic) bond motifs is 1. The van der Waals surface area contributed by atoms with Gasteiger partial charge in [-0.25, -0.2) is 4.98 Å². The summed E-state index contributed by atoms with van der Waals surface area (Å²) in [5.74, 6) is 0.483. The van der Waals surface area contributed by atoms with E-state index in [1.165, 1.54) is 11.3 Å². The van der Waals surface area contributed by atoms with Gasteiger partial charge in [0.2, 0.25) is 0 Å². The van der Waals surface area contributed by atoms with Gasteiger partial charge in [0, 0.05) is 24.7 Å². The van der Waals surface area contributed by atoms with Crippen LogP contribution in [0.2, 0.25) is 5.02 Å². The highest BCUT2D eigenvalue weighted by molar-refractivity contribution is 7.21. The van der Waals surface area contributed by atoms with Crippen molar-refractivity contribution in [2.75, 3.05) is 44.9 Å². The number of nitrogens with zero attached hydrogens (tertiary/aromatic N) is 2. The van der Waals surface area contributed by atoms with Crippen LogP contribution in [0.3, 0.4) is 0 Å². The van der Waals surface area contributed by atoms with E-state index >= 15 is 0 Å². The Labute approximate surface area is 178 Å². The SMILES string of the molecule is COc1ccc(N2CCOCC2)c2sc(C(=O)NCCc3ccccc3Cl)nc12. The van der Waals surface area contributed by atoms with Gasteiger partial charge in [-0.2, -0.15) is 0 Å². The number of rotatable bonds is 6. The Morgan fingerprint density at radius 2 is 2.07 bits per heavy atom. The summed E-state index contributed by atoms with van der Waals surface area (Å²) in [7, 11) is 1.62. The maximum absolute atomic E-state index is 12.7. The van der Waals surface area contributed by atoms with Gasteiger partial charge in [-0.15, -0.1) is 11.3 Å². The van der Waals surface area contributed by atoms with E-state index in [1.54, 1.807) is 7.11 Å². The van der Waals surface area contributed by atoms with Crippen LogP contribution >= 0.6 is 22.9 Å². The highest BCUT2D eigenvalue weighted by Gasteiger charge is 2.21. The zero-order valence-electron chi connectivity index (χ0n) is 16.1. The van der Waals surface area contributed by atoms with Crippen LogP contribution in [-0.4, -0.2) is 50.8 Å². The number of hydrogen-bond donors (Lipinski definition) is 1. The molecule has 8 heteroatoms. The Hall–Kier alpha value is -2.35. The number of benzene rings is 2. The van der Waals surface area contributed by atoms with E-state index in [0.717, 1.165) is 34.6 Å². The molecule has 2 aromatic carbocycles. The topological polar surface area (TPSA) is 63.7 Å². The molecule has 4 rings (SSSR count). The number of ether oxygens (including phenoxy) is 2. The highest BCUT2D eigenvalue weighted by Crippen LogP contribution is 2.37. The van der Waals surface area contributed by atoms with Crippen molar-refractivity contribution in [1.29, 1.82) is 0 Å². The average molecular weight is 432 g/mol. The smallest absolute Gasteiger partial charge is 0.280 e. The van der Waals surface area contributed by atoms with Gasteiger partial charge < -0.3 is 19.7 Å². The molecule has 1 amide bonds. The zero-order valence-corrected chi connectivity index (χ0v) is 17.7. The fourth-order valence-electron chi connectivity index (χ4n) is 3.37. The normalized spacial score (nSPS) is 14.2. The Morgan fingerprint density at radius 1 is 1.28 bits per heavy atom. The van der Waals surface area contributed by atoms with Gasteiger partial charge in [0.05, 0.1) is 30.7 Å². The first-order valence-corrected chi connectivity index (χ1v) is 10.7. The van der Waals surface area contributed by atoms with Gasteiger partial charge in [0.25, 0.3) is 5.91 Å². The number of hydrogen-bond acceptors (Lipinski definition) is 6. The van der Waals surface area contributed by atoms with E-state index in [9.17, 15) is 4.79 Å². The molecule has 0 radical (unpaired) electrons. The molecule has 29 heavy (non-hydrogen) atoms. The lowest BCUT2D eigenvalue weighted by Crippen LogP contribution is -2.36. The van der Waals surface area contributed by atoms with Crippen LogP contribution in [-0.2, 0) is 11.2 Å². The predicted octanol–water partition coefficient (Wildman–Crippen LogP) is 3.77. The highest BCUT2D eigenvalue weighted by atomic mass is 35.5. The molecule has 1 fully saturated rings. The van der Waals surface area contributed by atoms with Crippen LogP contribution in [0, 0.1) is 0 Å². The Morgan fingerprint density at radius 3 is 2.83 bits per heavy atom. The molecule has 2 heterocycles. The molecule has 1 saturated heterocycles. The van der Waals surface area contributed by atoms with E-state index in [1.807, 2.05) is 36.4 Å². The summed E-state index contributed by atoms with van der Waals surface area (Å²) in [5, 5.41) is 4.09. The average Bonchev–Trinajstić information content (AvgIpc) is 3.20. The van der Waals surface area contributed by atoms with Gasteiger partial charge in [-0.3, -0.25) is 4.79 Å². The minimum absolute atomic E-state index is 0.187. The molecule has 3 aromatic rings. The van der Waals surface area contributed by atoms with Crippen molar-refractivity contribution in [3.05, 3.63) is 52.0 Å². The lowest BCUT2D eigenvalue weighted by atomic mass is 10.1. The molecule has 1 N–H and O–H groups in total. The van der Waals surface area contributed by atoms with Crippen molar-refractivity contribution in [3.63, 3.8) is 0 Å². The first-order valence-electron chi connectivity index (χ1n) is 9.49. The maximum atomic E-state index is 12.7. The van der Waals surface area contributed by atoms with Crippen molar-refractivity contribution in [1.82, 2.24) is 10.3 Å². The van der Waals surface area contributed by atoms with Crippen LogP contribution in [0.4, 0.5) is 5.69 Å². The van der Waals surface area contributed by atoms with Crippen LogP contribution in [0.15, 0.2) is 36.4 Å². The number of halogens is 1. The lowest BCUT2D eigenvalue weighted by Gasteiger charge is -2.29. The number of thiazole rings is 1. The molecular formula is C21H22ClN3O3S. The summed E-state index contributed by atoms with van der Waals surface area (Å²) in [6.07, 6.45) is 0.665. The second-order valence-corrected chi connectivity index (χ2v) is 8.09. The van der Waals surface area contributed by atoms with Crippen molar-refractivity contribution >= 4 is 44.7 Å². The van der Waals surface area contributed by atoms with E-state index in [0.29, 0.717) is 42.0 Å². The van der Waals surface area contributed by atoms with E-state index in [4.69, 9.17) is 21.1 Å². The van der Waals surface area contributed by atoms with E-state index in [2.05, 4.69) is 15.2 Å². The number of carbonyl (C=O) groups is 1. The number of anilines is 1. The third-order valence-electron chi connectivity index (χ3n) is 4.89. The number of morpholine rings is 1. The largest absolute Gasteiger partial charge is 0.494 e. The molecule has 0 spiro atoms. The van der Waals surface area contributed by atoms with Crippen molar-refractivity contribution in [2.45, 2.75) is 6.42 Å². The van der Waals surface area contributed by atoms with E-state index in [-0.39, 0.29) is 5.91 Å². The Kier molecular flexibility index (Phi) is 6.18. The summed E-state index contributed by atoms with van der Waals surface area (Å²) in [4.78, 5) is 19.6. The van der Waals surface area contributed by atoms with Gasteiger partial charge in [-0.1, -0.05) is 29.8 Å². The standard InChI is InChI=1S/C21H22ClN3O3S/c1-27-17-7-6-16(25-10-12-28-13-11-25)19-18(17)24-21(29-19)20(26)23-9-8-14-4-2-3-5-15(14)22/h2-7H,8-13H2,1H3,(H,23,26). The second kappa shape index (κ2) is 8.98. The molecule has 1 aliphatic rings. The Balaban J connectivity index is 1.54. The molecule has 0 atom stereocenters. The van der Waals surface area contributed by atoms with Gasteiger partial charge >= 0.3 is 0 Å². The van der Waals surface area contributed by atoms with Gasteiger partial charge in [0.15, 0.2) is 5.01 Å². The molecular weight excluding hydrogens is 410 g/mol. The van der Waals surface area contributed by atoms with Gasteiger partial charge in [-0.05, 0) is 30.2 Å². The summed E-state index contributed by atoms with van der Waals surface area (Å²) in [6.45, 7) is 3.52. The monoisotopic (exact) mass is 431 g/mol. The van der Waals surface area contributed by atoms with Crippen molar-refractivity contribution in [2.24, 2.45) is 0 Å². The molecule has 1 aromatic heterocycles. The number of carbonyl (C=O) groups excluding carboxylic acids is 1.